The molecule has 0 atom stereocenters. The number of fused-ring (bicyclic) bond motifs is 2. The zero-order chi connectivity index (χ0) is 23.5. The Balaban J connectivity index is 0.00000274. The summed E-state index contributed by atoms with van der Waals surface area (Å²) in [5.74, 6) is -1.39. The van der Waals surface area contributed by atoms with Crippen molar-refractivity contribution in [2.75, 3.05) is 37.6 Å². The summed E-state index contributed by atoms with van der Waals surface area (Å²) >= 11 is 3.64. The molecular formula is C24H23ClN4O4S. The van der Waals surface area contributed by atoms with Gasteiger partial charge in [0.1, 0.15) is 6.54 Å². The van der Waals surface area contributed by atoms with E-state index in [1.165, 1.54) is 17.0 Å². The van der Waals surface area contributed by atoms with Crippen LogP contribution in [-0.4, -0.2) is 50.1 Å². The van der Waals surface area contributed by atoms with Gasteiger partial charge in [-0.25, -0.2) is 9.69 Å². The Morgan fingerprint density at radius 1 is 1.06 bits per heavy atom. The van der Waals surface area contributed by atoms with Crippen LogP contribution in [0.5, 0.6) is 0 Å². The number of benzene rings is 3. The fraction of sp³-hybridized carbons (Fsp3) is 0.208. The summed E-state index contributed by atoms with van der Waals surface area (Å²) in [6, 6.07) is 13.7. The Morgan fingerprint density at radius 2 is 1.74 bits per heavy atom. The minimum absolute atomic E-state index is 0. The minimum atomic E-state index is -0.626. The number of nitrogens with zero attached hydrogens (tertiary/aromatic N) is 3. The van der Waals surface area contributed by atoms with Crippen LogP contribution in [0.2, 0.25) is 0 Å². The van der Waals surface area contributed by atoms with Crippen molar-refractivity contribution in [3.05, 3.63) is 70.8 Å². The van der Waals surface area contributed by atoms with Gasteiger partial charge in [-0.3, -0.25) is 9.59 Å². The van der Waals surface area contributed by atoms with Gasteiger partial charge >= 0.3 is 5.97 Å². The van der Waals surface area contributed by atoms with Crippen LogP contribution in [0.4, 0.5) is 11.4 Å². The first-order valence-corrected chi connectivity index (χ1v) is 10.9. The van der Waals surface area contributed by atoms with Crippen molar-refractivity contribution in [2.45, 2.75) is 6.54 Å². The lowest BCUT2D eigenvalue weighted by molar-refractivity contribution is -0.904. The van der Waals surface area contributed by atoms with Crippen LogP contribution in [0.1, 0.15) is 36.6 Å². The van der Waals surface area contributed by atoms with E-state index in [0.717, 1.165) is 34.3 Å². The molecule has 1 N–H and O–H groups in total. The maximum absolute atomic E-state index is 13.6. The molecule has 0 saturated heterocycles. The van der Waals surface area contributed by atoms with E-state index in [0.29, 0.717) is 22.2 Å². The van der Waals surface area contributed by atoms with Gasteiger partial charge in [-0.15, -0.1) is 0 Å². The van der Waals surface area contributed by atoms with Crippen molar-refractivity contribution in [3.8, 4) is 0 Å². The van der Waals surface area contributed by atoms with E-state index in [-0.39, 0.29) is 29.8 Å². The molecule has 0 bridgehead atoms. The summed E-state index contributed by atoms with van der Waals surface area (Å²) < 4.78 is 0.768. The smallest absolute Gasteiger partial charge is 0.357 e. The first-order valence-electron chi connectivity index (χ1n) is 10.4. The predicted octanol–water partition coefficient (Wildman–Crippen LogP) is 0.134. The highest BCUT2D eigenvalue weighted by molar-refractivity contribution is 7.77. The Bertz CT molecular complexity index is 1340. The number of carbonyl (C=O) groups excluding carboxylic acids is 3. The first-order chi connectivity index (χ1) is 15.7. The molecule has 0 saturated carbocycles. The van der Waals surface area contributed by atoms with Crippen LogP contribution in [0, 0.1) is 0 Å². The van der Waals surface area contributed by atoms with E-state index in [1.54, 1.807) is 18.2 Å². The van der Waals surface area contributed by atoms with Crippen LogP contribution < -0.4 is 27.1 Å². The van der Waals surface area contributed by atoms with Crippen molar-refractivity contribution >= 4 is 52.7 Å². The molecule has 10 heteroatoms. The summed E-state index contributed by atoms with van der Waals surface area (Å²) in [6.45, 7) is 1.61. The van der Waals surface area contributed by atoms with Crippen LogP contribution in [0.15, 0.2) is 48.5 Å². The molecule has 0 aromatic heterocycles. The van der Waals surface area contributed by atoms with Crippen LogP contribution in [0.3, 0.4) is 0 Å². The molecule has 5 rings (SSSR count). The van der Waals surface area contributed by atoms with Gasteiger partial charge in [0, 0.05) is 34.5 Å². The van der Waals surface area contributed by atoms with Gasteiger partial charge in [-0.1, -0.05) is 29.8 Å². The molecule has 2 aliphatic rings. The number of halogens is 1. The second-order valence-corrected chi connectivity index (χ2v) is 9.25. The third-order valence-electron chi connectivity index (χ3n) is 6.15. The molecule has 3 aromatic rings. The topological polar surface area (TPSA) is 79.0 Å². The molecule has 34 heavy (non-hydrogen) atoms. The summed E-state index contributed by atoms with van der Waals surface area (Å²) in [5, 5.41) is 1.61. The van der Waals surface area contributed by atoms with E-state index in [9.17, 15) is 14.4 Å². The number of quaternary nitrogens is 1. The largest absolute Gasteiger partial charge is 1.00 e. The number of hydrogen-bond donors (Lipinski definition) is 2. The molecule has 2 amide bonds. The zero-order valence-corrected chi connectivity index (χ0v) is 20.5. The van der Waals surface area contributed by atoms with Gasteiger partial charge in [0.15, 0.2) is 6.67 Å². The van der Waals surface area contributed by atoms with Crippen molar-refractivity contribution in [2.24, 2.45) is 0 Å². The Labute approximate surface area is 208 Å². The summed E-state index contributed by atoms with van der Waals surface area (Å²) in [6.07, 6.45) is 0. The zero-order valence-electron chi connectivity index (χ0n) is 18.8. The molecule has 8 nitrogen and oxygen atoms in total. The van der Waals surface area contributed by atoms with E-state index in [1.807, 2.05) is 30.1 Å². The molecule has 176 valence electrons. The monoisotopic (exact) mass is 498 g/mol. The molecule has 2 aliphatic heterocycles. The highest BCUT2D eigenvalue weighted by Crippen LogP contribution is 2.42. The summed E-state index contributed by atoms with van der Waals surface area (Å²) in [4.78, 5) is 49.0. The maximum atomic E-state index is 13.6. The minimum Gasteiger partial charge on any atom is -1.00 e. The van der Waals surface area contributed by atoms with Gasteiger partial charge in [-0.2, -0.15) is 0 Å². The molecular weight excluding hydrogens is 476 g/mol. The summed E-state index contributed by atoms with van der Waals surface area (Å²) in [7, 11) is 6.35. The van der Waals surface area contributed by atoms with Crippen molar-refractivity contribution in [1.82, 2.24) is 4.89 Å². The lowest BCUT2D eigenvalue weighted by atomic mass is 9.89. The number of rotatable bonds is 3. The lowest BCUT2D eigenvalue weighted by Gasteiger charge is -2.41. The standard InChI is InChI=1S/C24H23N4O4S.ClH/c1-26-13-28(2,3)12-15-11-19-20-17(21(15)26)5-4-6-18(20)22(29)27(23(19)30)16-9-7-14(8-10-16)24(31)32-25-33;/h4-11,25,33H,12-13H2,1-3H3;1H/q+1;/p-1. The second-order valence-electron chi connectivity index (χ2n) is 9.07. The number of anilines is 2. The van der Waals surface area contributed by atoms with Crippen LogP contribution >= 0.6 is 12.8 Å². The van der Waals surface area contributed by atoms with Crippen molar-refractivity contribution in [3.63, 3.8) is 0 Å². The normalized spacial score (nSPS) is 16.2. The average Bonchev–Trinajstić information content (AvgIpc) is 2.76. The molecule has 0 unspecified atom stereocenters. The predicted molar refractivity (Wildman–Crippen MR) is 128 cm³/mol. The van der Waals surface area contributed by atoms with Gasteiger partial charge < -0.3 is 26.6 Å². The van der Waals surface area contributed by atoms with Crippen LogP contribution in [0.25, 0.3) is 10.8 Å². The van der Waals surface area contributed by atoms with Crippen molar-refractivity contribution < 1.29 is 36.1 Å². The Kier molecular flexibility index (Phi) is 6.07. The number of amides is 2. The molecule has 0 radical (unpaired) electrons. The number of nitrogens with one attached hydrogen (secondary N) is 1. The van der Waals surface area contributed by atoms with E-state index >= 15 is 0 Å². The molecule has 0 spiro atoms. The molecule has 3 aromatic carbocycles. The third-order valence-corrected chi connectivity index (χ3v) is 6.24. The van der Waals surface area contributed by atoms with Gasteiger partial charge in [0.25, 0.3) is 11.8 Å². The van der Waals surface area contributed by atoms with Gasteiger partial charge in [0.05, 0.1) is 31.0 Å². The first kappa shape index (κ1) is 24.0. The van der Waals surface area contributed by atoms with E-state index < -0.39 is 5.97 Å². The molecule has 0 aliphatic carbocycles. The number of imide groups is 1. The summed E-state index contributed by atoms with van der Waals surface area (Å²) in [5.41, 5.74) is 3.79. The second kappa shape index (κ2) is 8.59. The van der Waals surface area contributed by atoms with Crippen LogP contribution in [-0.2, 0) is 11.4 Å². The Morgan fingerprint density at radius 3 is 2.41 bits per heavy atom. The fourth-order valence-corrected chi connectivity index (χ4v) is 5.10. The van der Waals surface area contributed by atoms with E-state index in [2.05, 4.69) is 36.6 Å². The number of thiol groups is 1. The molecule has 0 fully saturated rings. The Hall–Kier alpha value is -3.11. The fourth-order valence-electron chi connectivity index (χ4n) is 5.02. The number of carbonyl (C=O) groups is 3. The molecule has 2 heterocycles. The number of hydrogen-bond acceptors (Lipinski definition) is 7. The highest BCUT2D eigenvalue weighted by atomic mass is 35.5. The highest BCUT2D eigenvalue weighted by Gasteiger charge is 2.38. The van der Waals surface area contributed by atoms with Gasteiger partial charge in [-0.05, 0) is 36.4 Å². The average molecular weight is 499 g/mol. The van der Waals surface area contributed by atoms with E-state index in [4.69, 9.17) is 0 Å². The van der Waals surface area contributed by atoms with Gasteiger partial charge in [0.2, 0.25) is 0 Å². The quantitative estimate of drug-likeness (QED) is 0.231. The third kappa shape index (κ3) is 3.70. The van der Waals surface area contributed by atoms with Crippen molar-refractivity contribution in [1.29, 1.82) is 0 Å². The lowest BCUT2D eigenvalue weighted by Crippen LogP contribution is -3.00. The SMILES string of the molecule is CN1C[N+](C)(C)Cc2cc3c4c(cccc4c21)C(=O)N(c1ccc(C(=O)ONS)cc1)C3=O.[Cl-]. The maximum Gasteiger partial charge on any atom is 0.357 e.